The molecule has 4 nitrogen and oxygen atoms in total. The van der Waals surface area contributed by atoms with Gasteiger partial charge in [-0.1, -0.05) is 6.07 Å². The summed E-state index contributed by atoms with van der Waals surface area (Å²) in [5.41, 5.74) is 2.40. The van der Waals surface area contributed by atoms with Crippen molar-refractivity contribution in [1.82, 2.24) is 0 Å². The fourth-order valence-corrected chi connectivity index (χ4v) is 1.68. The van der Waals surface area contributed by atoms with Crippen LogP contribution in [-0.2, 0) is 9.59 Å². The lowest BCUT2D eigenvalue weighted by molar-refractivity contribution is -0.117. The third-order valence-corrected chi connectivity index (χ3v) is 2.85. The normalized spacial score (nSPS) is 14.2. The van der Waals surface area contributed by atoms with Crippen LogP contribution in [0.15, 0.2) is 18.2 Å². The summed E-state index contributed by atoms with van der Waals surface area (Å²) in [6, 6.07) is 5.49. The lowest BCUT2D eigenvalue weighted by atomic mass is 10.1. The summed E-state index contributed by atoms with van der Waals surface area (Å²) in [4.78, 5) is 22.7. The largest absolute Gasteiger partial charge is 0.326 e. The van der Waals surface area contributed by atoms with Crippen molar-refractivity contribution in [3.05, 3.63) is 23.8 Å². The maximum atomic E-state index is 11.7. The van der Waals surface area contributed by atoms with Crippen LogP contribution in [-0.4, -0.2) is 11.8 Å². The van der Waals surface area contributed by atoms with Crippen molar-refractivity contribution < 1.29 is 9.59 Å². The molecule has 1 aromatic carbocycles. The minimum atomic E-state index is -0.112. The molecule has 0 saturated heterocycles. The summed E-state index contributed by atoms with van der Waals surface area (Å²) in [5.74, 6) is 0.144. The fourth-order valence-electron chi connectivity index (χ4n) is 1.68. The van der Waals surface area contributed by atoms with Gasteiger partial charge in [0.25, 0.3) is 0 Å². The van der Waals surface area contributed by atoms with Gasteiger partial charge in [0.1, 0.15) is 0 Å². The van der Waals surface area contributed by atoms with Gasteiger partial charge in [0.15, 0.2) is 0 Å². The molecular weight excluding hydrogens is 216 g/mol. The van der Waals surface area contributed by atoms with Crippen LogP contribution in [0.25, 0.3) is 0 Å². The van der Waals surface area contributed by atoms with Gasteiger partial charge in [-0.15, -0.1) is 0 Å². The average Bonchev–Trinajstić information content (AvgIpc) is 3.06. The topological polar surface area (TPSA) is 58.2 Å². The molecular formula is C13H16N2O2. The van der Waals surface area contributed by atoms with E-state index in [2.05, 4.69) is 10.6 Å². The Morgan fingerprint density at radius 1 is 1.18 bits per heavy atom. The molecule has 2 amide bonds. The van der Waals surface area contributed by atoms with E-state index >= 15 is 0 Å². The maximum absolute atomic E-state index is 11.7. The van der Waals surface area contributed by atoms with Gasteiger partial charge >= 0.3 is 0 Å². The van der Waals surface area contributed by atoms with Gasteiger partial charge in [0, 0.05) is 24.2 Å². The fraction of sp³-hybridized carbons (Fsp3) is 0.385. The molecule has 1 fully saturated rings. The summed E-state index contributed by atoms with van der Waals surface area (Å²) < 4.78 is 0. The molecule has 0 heterocycles. The SMILES string of the molecule is CC(=O)Nc1cccc(NC(=O)C2CC2)c1C. The molecule has 1 aliphatic rings. The summed E-state index contributed by atoms with van der Waals surface area (Å²) in [7, 11) is 0. The van der Waals surface area contributed by atoms with E-state index in [1.807, 2.05) is 25.1 Å². The van der Waals surface area contributed by atoms with E-state index < -0.39 is 0 Å². The molecule has 0 spiro atoms. The first-order valence-corrected chi connectivity index (χ1v) is 5.76. The molecule has 4 heteroatoms. The van der Waals surface area contributed by atoms with E-state index in [4.69, 9.17) is 0 Å². The Hall–Kier alpha value is -1.84. The van der Waals surface area contributed by atoms with E-state index in [1.54, 1.807) is 0 Å². The highest BCUT2D eigenvalue weighted by Crippen LogP contribution is 2.31. The number of amides is 2. The van der Waals surface area contributed by atoms with E-state index in [0.29, 0.717) is 0 Å². The number of hydrogen-bond acceptors (Lipinski definition) is 2. The number of carbonyl (C=O) groups is 2. The molecule has 0 bridgehead atoms. The monoisotopic (exact) mass is 232 g/mol. The highest BCUT2D eigenvalue weighted by atomic mass is 16.2. The Labute approximate surface area is 100 Å². The van der Waals surface area contributed by atoms with Crippen molar-refractivity contribution >= 4 is 23.2 Å². The van der Waals surface area contributed by atoms with Crippen molar-refractivity contribution in [3.63, 3.8) is 0 Å². The number of benzene rings is 1. The van der Waals surface area contributed by atoms with Crippen LogP contribution < -0.4 is 10.6 Å². The number of carbonyl (C=O) groups excluding carboxylic acids is 2. The van der Waals surface area contributed by atoms with Crippen molar-refractivity contribution in [2.75, 3.05) is 10.6 Å². The standard InChI is InChI=1S/C13H16N2O2/c1-8-11(14-9(2)16)4-3-5-12(8)15-13(17)10-6-7-10/h3-5,10H,6-7H2,1-2H3,(H,14,16)(H,15,17). The zero-order chi connectivity index (χ0) is 12.4. The van der Waals surface area contributed by atoms with Gasteiger partial charge in [-0.25, -0.2) is 0 Å². The van der Waals surface area contributed by atoms with Gasteiger partial charge in [-0.2, -0.15) is 0 Å². The lowest BCUT2D eigenvalue weighted by Crippen LogP contribution is -2.15. The maximum Gasteiger partial charge on any atom is 0.227 e. The second kappa shape index (κ2) is 4.57. The molecule has 1 saturated carbocycles. The molecule has 2 rings (SSSR count). The predicted octanol–water partition coefficient (Wildman–Crippen LogP) is 2.30. The van der Waals surface area contributed by atoms with Gasteiger partial charge in [0.2, 0.25) is 11.8 Å². The summed E-state index contributed by atoms with van der Waals surface area (Å²) in [5, 5.41) is 5.64. The van der Waals surface area contributed by atoms with Gasteiger partial charge in [-0.3, -0.25) is 9.59 Å². The molecule has 1 aromatic rings. The van der Waals surface area contributed by atoms with E-state index in [-0.39, 0.29) is 17.7 Å². The van der Waals surface area contributed by atoms with Gasteiger partial charge < -0.3 is 10.6 Å². The van der Waals surface area contributed by atoms with Crippen LogP contribution in [0.4, 0.5) is 11.4 Å². The molecule has 0 aliphatic heterocycles. The van der Waals surface area contributed by atoms with Crippen molar-refractivity contribution in [3.8, 4) is 0 Å². The van der Waals surface area contributed by atoms with E-state index in [9.17, 15) is 9.59 Å². The Morgan fingerprint density at radius 2 is 1.76 bits per heavy atom. The van der Waals surface area contributed by atoms with Gasteiger partial charge in [0.05, 0.1) is 0 Å². The van der Waals surface area contributed by atoms with Crippen LogP contribution in [0.3, 0.4) is 0 Å². The second-order valence-corrected chi connectivity index (χ2v) is 4.42. The zero-order valence-corrected chi connectivity index (χ0v) is 10.0. The predicted molar refractivity (Wildman–Crippen MR) is 66.8 cm³/mol. The summed E-state index contributed by atoms with van der Waals surface area (Å²) in [6.07, 6.45) is 1.96. The van der Waals surface area contributed by atoms with E-state index in [0.717, 1.165) is 29.8 Å². The lowest BCUT2D eigenvalue weighted by Gasteiger charge is -2.12. The summed E-state index contributed by atoms with van der Waals surface area (Å²) >= 11 is 0. The number of nitrogens with one attached hydrogen (secondary N) is 2. The number of anilines is 2. The average molecular weight is 232 g/mol. The highest BCUT2D eigenvalue weighted by molar-refractivity contribution is 5.97. The second-order valence-electron chi connectivity index (χ2n) is 4.42. The zero-order valence-electron chi connectivity index (χ0n) is 10.0. The molecule has 0 radical (unpaired) electrons. The van der Waals surface area contributed by atoms with Crippen LogP contribution in [0, 0.1) is 12.8 Å². The van der Waals surface area contributed by atoms with Crippen molar-refractivity contribution in [2.45, 2.75) is 26.7 Å². The highest BCUT2D eigenvalue weighted by Gasteiger charge is 2.29. The smallest absolute Gasteiger partial charge is 0.227 e. The molecule has 2 N–H and O–H groups in total. The minimum Gasteiger partial charge on any atom is -0.326 e. The molecule has 0 aromatic heterocycles. The first-order chi connectivity index (χ1) is 8.08. The quantitative estimate of drug-likeness (QED) is 0.840. The Balaban J connectivity index is 2.16. The first-order valence-electron chi connectivity index (χ1n) is 5.76. The molecule has 90 valence electrons. The first kappa shape index (κ1) is 11.6. The third kappa shape index (κ3) is 2.84. The number of hydrogen-bond donors (Lipinski definition) is 2. The Morgan fingerprint density at radius 3 is 2.29 bits per heavy atom. The Bertz CT molecular complexity index is 464. The summed E-state index contributed by atoms with van der Waals surface area (Å²) in [6.45, 7) is 3.35. The van der Waals surface area contributed by atoms with Crippen molar-refractivity contribution in [1.29, 1.82) is 0 Å². The number of rotatable bonds is 3. The Kier molecular flexibility index (Phi) is 3.13. The molecule has 0 unspecified atom stereocenters. The van der Waals surface area contributed by atoms with Crippen LogP contribution in [0.1, 0.15) is 25.3 Å². The van der Waals surface area contributed by atoms with Crippen molar-refractivity contribution in [2.24, 2.45) is 5.92 Å². The third-order valence-electron chi connectivity index (χ3n) is 2.85. The molecule has 1 aliphatic carbocycles. The van der Waals surface area contributed by atoms with E-state index in [1.165, 1.54) is 6.92 Å². The molecule has 17 heavy (non-hydrogen) atoms. The van der Waals surface area contributed by atoms with Crippen LogP contribution in [0.5, 0.6) is 0 Å². The van der Waals surface area contributed by atoms with Crippen LogP contribution in [0.2, 0.25) is 0 Å². The van der Waals surface area contributed by atoms with Crippen LogP contribution >= 0.6 is 0 Å². The molecule has 0 atom stereocenters. The van der Waals surface area contributed by atoms with Gasteiger partial charge in [-0.05, 0) is 37.5 Å². The minimum absolute atomic E-state index is 0.0769.